The number of rotatable bonds is 4. The highest BCUT2D eigenvalue weighted by Gasteiger charge is 2.37. The van der Waals surface area contributed by atoms with Crippen LogP contribution in [0, 0.1) is 0 Å². The molecule has 1 unspecified atom stereocenters. The van der Waals surface area contributed by atoms with Crippen molar-refractivity contribution in [3.8, 4) is 10.7 Å². The molecule has 1 aromatic carbocycles. The molecule has 0 radical (unpaired) electrons. The lowest BCUT2D eigenvalue weighted by atomic mass is 10.1. The molecule has 0 aliphatic carbocycles. The summed E-state index contributed by atoms with van der Waals surface area (Å²) in [5.41, 5.74) is -0.527. The molecule has 0 spiro atoms. The highest BCUT2D eigenvalue weighted by molar-refractivity contribution is 7.13. The summed E-state index contributed by atoms with van der Waals surface area (Å²) in [7, 11) is 0. The van der Waals surface area contributed by atoms with Crippen molar-refractivity contribution in [1.82, 2.24) is 19.9 Å². The fourth-order valence-electron chi connectivity index (χ4n) is 3.95. The van der Waals surface area contributed by atoms with Crippen LogP contribution in [0.25, 0.3) is 32.6 Å². The molecule has 0 bridgehead atoms. The predicted molar refractivity (Wildman–Crippen MR) is 116 cm³/mol. The second-order valence-electron chi connectivity index (χ2n) is 7.37. The number of alkyl halides is 3. The lowest BCUT2D eigenvalue weighted by Gasteiger charge is -2.24. The smallest absolute Gasteiger partial charge is 0.376 e. The van der Waals surface area contributed by atoms with Crippen molar-refractivity contribution in [2.75, 3.05) is 19.7 Å². The Morgan fingerprint density at radius 1 is 1.26 bits per heavy atom. The maximum atomic E-state index is 13.9. The normalized spacial score (nSPS) is 17.6. The van der Waals surface area contributed by atoms with Gasteiger partial charge in [0.1, 0.15) is 5.52 Å². The van der Waals surface area contributed by atoms with E-state index in [9.17, 15) is 13.2 Å². The third-order valence-corrected chi connectivity index (χ3v) is 6.43. The molecule has 1 saturated heterocycles. The molecule has 0 amide bonds. The number of pyridine rings is 1. The van der Waals surface area contributed by atoms with Crippen molar-refractivity contribution >= 4 is 44.9 Å². The van der Waals surface area contributed by atoms with Gasteiger partial charge in [-0.1, -0.05) is 17.7 Å². The number of aromatic nitrogens is 3. The average Bonchev–Trinajstić information content (AvgIpc) is 3.39. The second kappa shape index (κ2) is 8.05. The minimum absolute atomic E-state index is 0.00739. The van der Waals surface area contributed by atoms with Gasteiger partial charge in [-0.25, -0.2) is 9.97 Å². The monoisotopic (exact) mass is 466 g/mol. The number of aryl methyl sites for hydroxylation is 1. The molecule has 3 aromatic heterocycles. The van der Waals surface area contributed by atoms with Gasteiger partial charge in [-0.15, -0.1) is 11.3 Å². The lowest BCUT2D eigenvalue weighted by Crippen LogP contribution is -2.38. The molecule has 1 fully saturated rings. The van der Waals surface area contributed by atoms with E-state index in [0.717, 1.165) is 11.4 Å². The summed E-state index contributed by atoms with van der Waals surface area (Å²) in [5.74, 6) is 0.503. The molecule has 1 atom stereocenters. The molecule has 4 aromatic rings. The van der Waals surface area contributed by atoms with E-state index in [1.54, 1.807) is 12.1 Å². The molecule has 31 heavy (non-hydrogen) atoms. The van der Waals surface area contributed by atoms with Crippen LogP contribution in [0.4, 0.5) is 13.2 Å². The van der Waals surface area contributed by atoms with Crippen LogP contribution in [0.2, 0.25) is 5.02 Å². The van der Waals surface area contributed by atoms with Gasteiger partial charge in [-0.2, -0.15) is 13.2 Å². The van der Waals surface area contributed by atoms with Crippen molar-refractivity contribution < 1.29 is 17.9 Å². The molecule has 162 valence electrons. The van der Waals surface area contributed by atoms with Gasteiger partial charge in [0.2, 0.25) is 0 Å². The number of thiophene rings is 1. The summed E-state index contributed by atoms with van der Waals surface area (Å²) in [6, 6.07) is 8.55. The highest BCUT2D eigenvalue weighted by atomic mass is 35.5. The van der Waals surface area contributed by atoms with Gasteiger partial charge in [0, 0.05) is 30.0 Å². The summed E-state index contributed by atoms with van der Waals surface area (Å²) in [6.45, 7) is 2.61. The van der Waals surface area contributed by atoms with E-state index < -0.39 is 11.9 Å². The van der Waals surface area contributed by atoms with Crippen LogP contribution in [-0.4, -0.2) is 40.3 Å². The van der Waals surface area contributed by atoms with E-state index in [1.165, 1.54) is 17.4 Å². The van der Waals surface area contributed by atoms with Gasteiger partial charge < -0.3 is 14.6 Å². The van der Waals surface area contributed by atoms with E-state index >= 15 is 0 Å². The number of ether oxygens (including phenoxy) is 1. The predicted octanol–water partition coefficient (Wildman–Crippen LogP) is 5.36. The Hall–Kier alpha value is -2.20. The average molecular weight is 467 g/mol. The summed E-state index contributed by atoms with van der Waals surface area (Å²) in [6.07, 6.45) is -4.00. The van der Waals surface area contributed by atoms with E-state index in [0.29, 0.717) is 47.9 Å². The first-order chi connectivity index (χ1) is 14.9. The number of halogens is 4. The van der Waals surface area contributed by atoms with Crippen LogP contribution in [0.3, 0.4) is 0 Å². The zero-order chi connectivity index (χ0) is 21.6. The van der Waals surface area contributed by atoms with E-state index in [2.05, 4.69) is 15.3 Å². The van der Waals surface area contributed by atoms with Crippen molar-refractivity contribution in [1.29, 1.82) is 0 Å². The van der Waals surface area contributed by atoms with Gasteiger partial charge in [0.25, 0.3) is 0 Å². The van der Waals surface area contributed by atoms with Gasteiger partial charge in [-0.3, -0.25) is 0 Å². The van der Waals surface area contributed by atoms with E-state index in [4.69, 9.17) is 16.3 Å². The number of imidazole rings is 1. The number of benzene rings is 1. The van der Waals surface area contributed by atoms with Crippen LogP contribution in [0.15, 0.2) is 35.7 Å². The topological polar surface area (TPSA) is 52.0 Å². The standard InChI is InChI=1S/C21H18ClF3N4OS/c22-12-3-4-14-15(10-12)27-19(21(23,24)25)17-18(14)29(7-5-13-11-26-6-8-30-13)20(28-17)16-2-1-9-31-16/h1-4,9-10,13,26H,5-8,11H2. The number of morpholine rings is 1. The third-order valence-electron chi connectivity index (χ3n) is 5.33. The minimum Gasteiger partial charge on any atom is -0.376 e. The lowest BCUT2D eigenvalue weighted by molar-refractivity contribution is -0.139. The Morgan fingerprint density at radius 3 is 2.84 bits per heavy atom. The molecule has 1 aliphatic rings. The number of hydrogen-bond donors (Lipinski definition) is 1. The quantitative estimate of drug-likeness (QED) is 0.439. The van der Waals surface area contributed by atoms with Crippen LogP contribution >= 0.6 is 22.9 Å². The molecule has 5 nitrogen and oxygen atoms in total. The Bertz CT molecular complexity index is 1230. The summed E-state index contributed by atoms with van der Waals surface area (Å²) >= 11 is 7.50. The number of nitrogens with zero attached hydrogens (tertiary/aromatic N) is 3. The molecular formula is C21H18ClF3N4OS. The van der Waals surface area contributed by atoms with Crippen molar-refractivity contribution in [2.24, 2.45) is 0 Å². The first-order valence-electron chi connectivity index (χ1n) is 9.84. The number of fused-ring (bicyclic) bond motifs is 3. The molecule has 10 heteroatoms. The highest BCUT2D eigenvalue weighted by Crippen LogP contribution is 2.39. The maximum absolute atomic E-state index is 13.9. The minimum atomic E-state index is -4.64. The van der Waals surface area contributed by atoms with Gasteiger partial charge in [0.15, 0.2) is 11.5 Å². The van der Waals surface area contributed by atoms with Gasteiger partial charge >= 0.3 is 6.18 Å². The fourth-order valence-corrected chi connectivity index (χ4v) is 4.84. The first-order valence-corrected chi connectivity index (χ1v) is 11.1. The summed E-state index contributed by atoms with van der Waals surface area (Å²) < 4.78 is 49.5. The SMILES string of the molecule is FC(F)(F)c1nc2cc(Cl)ccc2c2c1nc(-c1cccs1)n2CCC1CNCCO1. The van der Waals surface area contributed by atoms with Crippen molar-refractivity contribution in [3.63, 3.8) is 0 Å². The van der Waals surface area contributed by atoms with Crippen LogP contribution in [-0.2, 0) is 17.5 Å². The van der Waals surface area contributed by atoms with Crippen molar-refractivity contribution in [3.05, 3.63) is 46.4 Å². The van der Waals surface area contributed by atoms with Crippen LogP contribution in [0.5, 0.6) is 0 Å². The Morgan fingerprint density at radius 2 is 2.13 bits per heavy atom. The van der Waals surface area contributed by atoms with E-state index in [1.807, 2.05) is 22.1 Å². The van der Waals surface area contributed by atoms with Crippen molar-refractivity contribution in [2.45, 2.75) is 25.2 Å². The zero-order valence-corrected chi connectivity index (χ0v) is 17.8. The Labute approximate surface area is 184 Å². The summed E-state index contributed by atoms with van der Waals surface area (Å²) in [5, 5.41) is 6.09. The van der Waals surface area contributed by atoms with Gasteiger partial charge in [-0.05, 0) is 36.1 Å². The molecule has 5 rings (SSSR count). The summed E-state index contributed by atoms with van der Waals surface area (Å²) in [4.78, 5) is 9.16. The molecule has 1 N–H and O–H groups in total. The number of hydrogen-bond acceptors (Lipinski definition) is 5. The molecule has 4 heterocycles. The molecular weight excluding hydrogens is 449 g/mol. The Balaban J connectivity index is 1.75. The first kappa shape index (κ1) is 20.7. The molecule has 0 saturated carbocycles. The fraction of sp³-hybridized carbons (Fsp3) is 0.333. The van der Waals surface area contributed by atoms with Crippen LogP contribution < -0.4 is 5.32 Å². The Kier molecular flexibility index (Phi) is 5.37. The zero-order valence-electron chi connectivity index (χ0n) is 16.2. The largest absolute Gasteiger partial charge is 0.435 e. The maximum Gasteiger partial charge on any atom is 0.435 e. The van der Waals surface area contributed by atoms with Crippen LogP contribution in [0.1, 0.15) is 12.1 Å². The number of nitrogens with one attached hydrogen (secondary N) is 1. The van der Waals surface area contributed by atoms with Gasteiger partial charge in [0.05, 0.1) is 28.6 Å². The second-order valence-corrected chi connectivity index (χ2v) is 8.75. The van der Waals surface area contributed by atoms with E-state index in [-0.39, 0.29) is 17.1 Å². The molecule has 1 aliphatic heterocycles. The third kappa shape index (κ3) is 3.91.